The van der Waals surface area contributed by atoms with E-state index in [1.54, 1.807) is 0 Å². The number of alkyl halides is 3. The van der Waals surface area contributed by atoms with Gasteiger partial charge in [0.2, 0.25) is 0 Å². The van der Waals surface area contributed by atoms with E-state index in [2.05, 4.69) is 0 Å². The Labute approximate surface area is 82.5 Å². The van der Waals surface area contributed by atoms with Crippen LogP contribution in [-0.2, 0) is 6.18 Å². The van der Waals surface area contributed by atoms with E-state index >= 15 is 0 Å². The van der Waals surface area contributed by atoms with Crippen molar-refractivity contribution in [1.82, 2.24) is 0 Å². The highest BCUT2D eigenvalue weighted by Gasteiger charge is 2.34. The summed E-state index contributed by atoms with van der Waals surface area (Å²) in [6, 6.07) is 5.67. The molecule has 0 amide bonds. The van der Waals surface area contributed by atoms with Crippen molar-refractivity contribution in [2.24, 2.45) is 0 Å². The Morgan fingerprint density at radius 3 is 2.60 bits per heavy atom. The fourth-order valence-corrected chi connectivity index (χ4v) is 1.32. The predicted molar refractivity (Wildman–Crippen MR) is 45.9 cm³/mol. The summed E-state index contributed by atoms with van der Waals surface area (Å²) < 4.78 is 42.0. The van der Waals surface area contributed by atoms with Gasteiger partial charge < -0.3 is 4.42 Å². The molecule has 15 heavy (non-hydrogen) atoms. The summed E-state index contributed by atoms with van der Waals surface area (Å²) >= 11 is 0. The van der Waals surface area contributed by atoms with Crippen LogP contribution in [0.5, 0.6) is 0 Å². The Balaban J connectivity index is 2.69. The maximum atomic E-state index is 12.4. The minimum atomic E-state index is -4.43. The third-order valence-corrected chi connectivity index (χ3v) is 2.01. The second kappa shape index (κ2) is 3.02. The third-order valence-electron chi connectivity index (χ3n) is 2.01. The Kier molecular flexibility index (Phi) is 1.93. The van der Waals surface area contributed by atoms with Gasteiger partial charge >= 0.3 is 6.18 Å². The summed E-state index contributed by atoms with van der Waals surface area (Å²) in [7, 11) is 0. The molecule has 1 aromatic heterocycles. The Morgan fingerprint density at radius 1 is 1.27 bits per heavy atom. The maximum Gasteiger partial charge on any atom is 0.420 e. The van der Waals surface area contributed by atoms with Crippen LogP contribution >= 0.6 is 0 Å². The quantitative estimate of drug-likeness (QED) is 0.670. The highest BCUT2D eigenvalue weighted by Crippen LogP contribution is 2.36. The van der Waals surface area contributed by atoms with E-state index in [1.165, 1.54) is 18.2 Å². The van der Waals surface area contributed by atoms with Crippen LogP contribution in [0.3, 0.4) is 0 Å². The van der Waals surface area contributed by atoms with Gasteiger partial charge in [0.05, 0.1) is 11.6 Å². The number of hydrogen-bond acceptors (Lipinski definition) is 2. The SMILES string of the molecule is N#Cc1ccc2c(C(F)(F)F)coc2c1. The van der Waals surface area contributed by atoms with Crippen molar-refractivity contribution in [3.63, 3.8) is 0 Å². The first-order valence-corrected chi connectivity index (χ1v) is 4.01. The van der Waals surface area contributed by atoms with Crippen molar-refractivity contribution in [2.75, 3.05) is 0 Å². The number of hydrogen-bond donors (Lipinski definition) is 0. The Morgan fingerprint density at radius 2 is 2.00 bits per heavy atom. The van der Waals surface area contributed by atoms with E-state index in [9.17, 15) is 13.2 Å². The molecule has 0 saturated heterocycles. The van der Waals surface area contributed by atoms with Gasteiger partial charge in [-0.15, -0.1) is 0 Å². The standard InChI is InChI=1S/C10H4F3NO/c11-10(12,13)8-5-15-9-3-6(4-14)1-2-7(8)9/h1-3,5H. The minimum absolute atomic E-state index is 0.0264. The predicted octanol–water partition coefficient (Wildman–Crippen LogP) is 3.32. The molecule has 0 aliphatic carbocycles. The summed E-state index contributed by atoms with van der Waals surface area (Å²) in [5.74, 6) is 0. The van der Waals surface area contributed by atoms with Crippen LogP contribution < -0.4 is 0 Å². The molecule has 0 N–H and O–H groups in total. The molecule has 76 valence electrons. The number of nitriles is 1. The lowest BCUT2D eigenvalue weighted by Gasteiger charge is -2.02. The van der Waals surface area contributed by atoms with Gasteiger partial charge in [0.1, 0.15) is 17.4 Å². The molecule has 0 spiro atoms. The maximum absolute atomic E-state index is 12.4. The zero-order valence-electron chi connectivity index (χ0n) is 7.30. The highest BCUT2D eigenvalue weighted by molar-refractivity contribution is 5.82. The van der Waals surface area contributed by atoms with E-state index < -0.39 is 11.7 Å². The molecule has 0 radical (unpaired) electrons. The lowest BCUT2D eigenvalue weighted by atomic mass is 10.1. The molecule has 0 atom stereocenters. The normalized spacial score (nSPS) is 11.6. The van der Waals surface area contributed by atoms with Crippen molar-refractivity contribution in [3.8, 4) is 6.07 Å². The van der Waals surface area contributed by atoms with Crippen LogP contribution in [-0.4, -0.2) is 0 Å². The van der Waals surface area contributed by atoms with Gasteiger partial charge in [-0.2, -0.15) is 18.4 Å². The van der Waals surface area contributed by atoms with Crippen molar-refractivity contribution in [2.45, 2.75) is 6.18 Å². The third kappa shape index (κ3) is 1.54. The number of halogens is 3. The van der Waals surface area contributed by atoms with E-state index in [0.717, 1.165) is 0 Å². The molecule has 2 rings (SSSR count). The van der Waals surface area contributed by atoms with Crippen molar-refractivity contribution in [1.29, 1.82) is 5.26 Å². The highest BCUT2D eigenvalue weighted by atomic mass is 19.4. The zero-order valence-corrected chi connectivity index (χ0v) is 7.30. The Hall–Kier alpha value is -1.96. The monoisotopic (exact) mass is 211 g/mol. The minimum Gasteiger partial charge on any atom is -0.464 e. The largest absolute Gasteiger partial charge is 0.464 e. The molecule has 1 heterocycles. The molecule has 0 bridgehead atoms. The number of furan rings is 1. The van der Waals surface area contributed by atoms with Crippen LogP contribution in [0.15, 0.2) is 28.9 Å². The first-order chi connectivity index (χ1) is 7.02. The van der Waals surface area contributed by atoms with Crippen LogP contribution in [0, 0.1) is 11.3 Å². The second-order valence-corrected chi connectivity index (χ2v) is 2.97. The van der Waals surface area contributed by atoms with Crippen molar-refractivity contribution >= 4 is 11.0 Å². The summed E-state index contributed by atoms with van der Waals surface area (Å²) in [4.78, 5) is 0. The molecule has 5 heteroatoms. The first-order valence-electron chi connectivity index (χ1n) is 4.01. The van der Waals surface area contributed by atoms with E-state index in [-0.39, 0.29) is 16.5 Å². The Bertz CT molecular complexity index is 548. The lowest BCUT2D eigenvalue weighted by molar-refractivity contribution is -0.136. The van der Waals surface area contributed by atoms with E-state index in [0.29, 0.717) is 6.26 Å². The summed E-state index contributed by atoms with van der Waals surface area (Å²) in [5.41, 5.74) is -0.478. The van der Waals surface area contributed by atoms with Gasteiger partial charge in [0.25, 0.3) is 0 Å². The van der Waals surface area contributed by atoms with Crippen molar-refractivity contribution < 1.29 is 17.6 Å². The number of rotatable bonds is 0. The summed E-state index contributed by atoms with van der Waals surface area (Å²) in [6.07, 6.45) is -3.77. The molecule has 0 aliphatic rings. The summed E-state index contributed by atoms with van der Waals surface area (Å²) in [5, 5.41) is 8.52. The smallest absolute Gasteiger partial charge is 0.420 e. The van der Waals surface area contributed by atoms with Crippen LogP contribution in [0.1, 0.15) is 11.1 Å². The molecular weight excluding hydrogens is 207 g/mol. The molecule has 2 nitrogen and oxygen atoms in total. The first kappa shape index (κ1) is 9.59. The fraction of sp³-hybridized carbons (Fsp3) is 0.100. The van der Waals surface area contributed by atoms with Crippen molar-refractivity contribution in [3.05, 3.63) is 35.6 Å². The molecule has 0 saturated carbocycles. The summed E-state index contributed by atoms with van der Waals surface area (Å²) in [6.45, 7) is 0. The second-order valence-electron chi connectivity index (χ2n) is 2.97. The van der Waals surface area contributed by atoms with Crippen LogP contribution in [0.2, 0.25) is 0 Å². The molecule has 0 aliphatic heterocycles. The number of benzene rings is 1. The molecule has 1 aromatic carbocycles. The van der Waals surface area contributed by atoms with Crippen LogP contribution in [0.25, 0.3) is 11.0 Å². The van der Waals surface area contributed by atoms with E-state index in [1.807, 2.05) is 6.07 Å². The van der Waals surface area contributed by atoms with Gasteiger partial charge in [-0.1, -0.05) is 0 Å². The average molecular weight is 211 g/mol. The van der Waals surface area contributed by atoms with Gasteiger partial charge in [0.15, 0.2) is 0 Å². The molecule has 0 fully saturated rings. The van der Waals surface area contributed by atoms with Gasteiger partial charge in [-0.05, 0) is 18.2 Å². The van der Waals surface area contributed by atoms with Gasteiger partial charge in [0, 0.05) is 5.39 Å². The van der Waals surface area contributed by atoms with Gasteiger partial charge in [-0.25, -0.2) is 0 Å². The van der Waals surface area contributed by atoms with Gasteiger partial charge in [-0.3, -0.25) is 0 Å². The number of fused-ring (bicyclic) bond motifs is 1. The average Bonchev–Trinajstić information content (AvgIpc) is 2.59. The topological polar surface area (TPSA) is 36.9 Å². The van der Waals surface area contributed by atoms with E-state index in [4.69, 9.17) is 9.68 Å². The fourth-order valence-electron chi connectivity index (χ4n) is 1.32. The molecular formula is C10H4F3NO. The van der Waals surface area contributed by atoms with Crippen LogP contribution in [0.4, 0.5) is 13.2 Å². The zero-order chi connectivity index (χ0) is 11.1. The molecule has 2 aromatic rings. The lowest BCUT2D eigenvalue weighted by Crippen LogP contribution is -2.02. The number of nitrogens with zero attached hydrogens (tertiary/aromatic N) is 1. The molecule has 0 unspecified atom stereocenters.